The first-order chi connectivity index (χ1) is 32.7. The van der Waals surface area contributed by atoms with Crippen molar-refractivity contribution in [1.29, 1.82) is 0 Å². The third-order valence-corrected chi connectivity index (χ3v) is 18.4. The smallest absolute Gasteiger partial charge is 0.366 e. The van der Waals surface area contributed by atoms with Gasteiger partial charge in [0.15, 0.2) is 0 Å². The Bertz CT molecular complexity index is 3080. The first-order valence-corrected chi connectivity index (χ1v) is 25.4. The molecule has 68 heavy (non-hydrogen) atoms. The zero-order chi connectivity index (χ0) is 44.7. The van der Waals surface area contributed by atoms with E-state index in [9.17, 15) is 0 Å². The Morgan fingerprint density at radius 3 is 0.941 bits per heavy atom. The van der Waals surface area contributed by atoms with Crippen LogP contribution in [0.3, 0.4) is 0 Å². The summed E-state index contributed by atoms with van der Waals surface area (Å²) in [6.07, 6.45) is 16.4. The van der Waals surface area contributed by atoms with E-state index in [1.165, 1.54) is 87.1 Å². The zero-order valence-corrected chi connectivity index (χ0v) is 43.4. The van der Waals surface area contributed by atoms with Crippen molar-refractivity contribution in [2.75, 3.05) is 0 Å². The third-order valence-electron chi connectivity index (χ3n) is 12.6. The molecule has 0 unspecified atom stereocenters. The largest absolute Gasteiger partial charge is 1.00 e. The molecule has 2 aliphatic carbocycles. The van der Waals surface area contributed by atoms with E-state index < -0.39 is 15.8 Å². The molecule has 0 amide bonds. The predicted octanol–water partition coefficient (Wildman–Crippen LogP) is 12.2. The Balaban J connectivity index is 0.000000160. The Kier molecular flexibility index (Phi) is 16.2. The van der Waals surface area contributed by atoms with Gasteiger partial charge in [-0.3, -0.25) is 11.8 Å². The Morgan fingerprint density at radius 1 is 0.309 bits per heavy atom. The number of hydrogen-bond acceptors (Lipinski definition) is 0. The van der Waals surface area contributed by atoms with Gasteiger partial charge in [0.05, 0.1) is 0 Å². The van der Waals surface area contributed by atoms with E-state index >= 15 is 0 Å². The van der Waals surface area contributed by atoms with Gasteiger partial charge in [-0.25, -0.2) is 0 Å². The monoisotopic (exact) mass is 1270 g/mol. The van der Waals surface area contributed by atoms with Crippen molar-refractivity contribution in [3.05, 3.63) is 289 Å². The molecule has 0 fully saturated rings. The summed E-state index contributed by atoms with van der Waals surface area (Å²) in [5.74, 6) is 5.02. The Hall–Kier alpha value is -6.08. The maximum atomic E-state index is 7.27. The fourth-order valence-corrected chi connectivity index (χ4v) is 15.6. The van der Waals surface area contributed by atoms with Crippen LogP contribution in [0, 0.1) is 24.7 Å². The van der Waals surface area contributed by atoms with Gasteiger partial charge in [-0.1, -0.05) is 170 Å². The van der Waals surface area contributed by atoms with E-state index in [4.69, 9.17) is 12.8 Å². The van der Waals surface area contributed by atoms with E-state index in [2.05, 4.69) is 230 Å². The Morgan fingerprint density at radius 2 is 0.603 bits per heavy atom. The molecule has 12 rings (SSSR count). The molecule has 0 saturated heterocycles. The second-order valence-corrected chi connectivity index (χ2v) is 21.4. The summed E-state index contributed by atoms with van der Waals surface area (Å²) in [6, 6.07) is 87.4. The molecule has 10 aromatic carbocycles. The van der Waals surface area contributed by atoms with Gasteiger partial charge < -0.3 is 12.8 Å². The molecule has 0 aromatic heterocycles. The summed E-state index contributed by atoms with van der Waals surface area (Å²) >= 11 is 0. The van der Waals surface area contributed by atoms with Gasteiger partial charge in [0.1, 0.15) is 47.7 Å². The van der Waals surface area contributed by atoms with Crippen LogP contribution in [0.1, 0.15) is 33.4 Å². The van der Waals surface area contributed by atoms with Crippen molar-refractivity contribution in [1.82, 2.24) is 0 Å². The van der Waals surface area contributed by atoms with Crippen LogP contribution in [-0.2, 0) is 57.6 Å². The van der Waals surface area contributed by atoms with E-state index in [1.807, 2.05) is 24.3 Å². The molecule has 0 saturated carbocycles. The van der Waals surface area contributed by atoms with Gasteiger partial charge in [-0.2, -0.15) is 0 Å². The van der Waals surface area contributed by atoms with Crippen LogP contribution in [0.5, 0.6) is 0 Å². The molecule has 4 heteroatoms. The average Bonchev–Trinajstić information content (AvgIpc) is 3.97. The molecule has 2 aliphatic rings. The maximum absolute atomic E-state index is 7.27. The number of benzene rings is 10. The fraction of sp³-hybridized carbons (Fsp3) is 0.0312. The van der Waals surface area contributed by atoms with Crippen LogP contribution in [0.2, 0.25) is 0 Å². The zero-order valence-electron chi connectivity index (χ0n) is 37.1. The summed E-state index contributed by atoms with van der Waals surface area (Å²) in [6.45, 7) is 0. The molecule has 0 atom stereocenters. The standard InChI is InChI=1S/C34H26P2.2C15H9.2Au/c1-5-17-29(18-6-1)35(30-19-7-2-8-20-30)33-25-27-15-13-14-16-28(27)26-34(33)36(31-21-9-3-10-22-31)32-23-11-4-12-24-32;2*1-2-11-7-5-9-14-13-8-4-3-6-12(13)10-15(11)14;;/h1-26H;2*3-9H,10H2;;/q;2*-1;2*+1/p+2. The van der Waals surface area contributed by atoms with Crippen molar-refractivity contribution >= 4 is 58.4 Å². The second-order valence-electron chi connectivity index (χ2n) is 16.5. The molecule has 332 valence electrons. The van der Waals surface area contributed by atoms with E-state index in [-0.39, 0.29) is 44.8 Å². The first kappa shape index (κ1) is 48.4. The SMILES string of the molecule is [Au+].[Au+].[C-]#Cc1cccc2c1Cc1ccccc1-2.[C-]#Cc1cccc2c1Cc1ccccc1-2.c1ccc([PH+](c2ccccc2)c2cc3ccccc3cc2[PH+](c2ccccc2)c2ccccc2)cc1. The van der Waals surface area contributed by atoms with Crippen molar-refractivity contribution in [3.63, 3.8) is 0 Å². The van der Waals surface area contributed by atoms with Gasteiger partial charge in [0.25, 0.3) is 0 Å². The molecule has 0 aliphatic heterocycles. The van der Waals surface area contributed by atoms with Crippen molar-refractivity contribution < 1.29 is 44.8 Å². The van der Waals surface area contributed by atoms with Crippen LogP contribution < -0.4 is 31.8 Å². The number of hydrogen-bond donors (Lipinski definition) is 0. The number of rotatable bonds is 6. The van der Waals surface area contributed by atoms with Gasteiger partial charge >= 0.3 is 44.8 Å². The van der Waals surface area contributed by atoms with Gasteiger partial charge in [-0.15, -0.1) is 34.4 Å². The van der Waals surface area contributed by atoms with Crippen LogP contribution in [-0.4, -0.2) is 0 Å². The summed E-state index contributed by atoms with van der Waals surface area (Å²) < 4.78 is 0. The molecule has 0 N–H and O–H groups in total. The molecule has 10 aromatic rings. The van der Waals surface area contributed by atoms with Gasteiger partial charge in [0.2, 0.25) is 0 Å². The number of fused-ring (bicyclic) bond motifs is 7. The summed E-state index contributed by atoms with van der Waals surface area (Å²) in [7, 11) is -2.46. The minimum absolute atomic E-state index is 0. The van der Waals surface area contributed by atoms with Crippen LogP contribution in [0.25, 0.3) is 33.0 Å². The fourth-order valence-electron chi connectivity index (χ4n) is 9.58. The molecular formula is C64H46Au2P2+2. The first-order valence-electron chi connectivity index (χ1n) is 22.4. The Labute approximate surface area is 435 Å². The molecule has 0 spiro atoms. The molecule has 0 heterocycles. The molecular weight excluding hydrogens is 1220 g/mol. The summed E-state index contributed by atoms with van der Waals surface area (Å²) in [5.41, 5.74) is 12.2. The van der Waals surface area contributed by atoms with E-state index in [0.717, 1.165) is 24.0 Å². The van der Waals surface area contributed by atoms with Crippen LogP contribution in [0.15, 0.2) is 243 Å². The minimum atomic E-state index is -1.23. The maximum Gasteiger partial charge on any atom is 1.00 e. The van der Waals surface area contributed by atoms with Gasteiger partial charge in [0, 0.05) is 0 Å². The molecule has 0 nitrogen and oxygen atoms in total. The van der Waals surface area contributed by atoms with E-state index in [1.54, 1.807) is 0 Å². The summed E-state index contributed by atoms with van der Waals surface area (Å²) in [4.78, 5) is 0. The summed E-state index contributed by atoms with van der Waals surface area (Å²) in [5, 5.41) is 11.3. The average molecular weight is 1270 g/mol. The minimum Gasteiger partial charge on any atom is -0.366 e. The third kappa shape index (κ3) is 10.2. The van der Waals surface area contributed by atoms with Crippen LogP contribution >= 0.6 is 15.8 Å². The van der Waals surface area contributed by atoms with E-state index in [0.29, 0.717) is 0 Å². The van der Waals surface area contributed by atoms with Crippen molar-refractivity contribution in [2.45, 2.75) is 12.8 Å². The van der Waals surface area contributed by atoms with Crippen molar-refractivity contribution in [3.8, 4) is 34.1 Å². The van der Waals surface area contributed by atoms with Crippen LogP contribution in [0.4, 0.5) is 0 Å². The second kappa shape index (κ2) is 22.8. The molecule has 0 radical (unpaired) electrons. The molecule has 0 bridgehead atoms. The van der Waals surface area contributed by atoms with Gasteiger partial charge in [-0.05, 0) is 118 Å². The van der Waals surface area contributed by atoms with Crippen molar-refractivity contribution in [2.24, 2.45) is 0 Å². The quantitative estimate of drug-likeness (QED) is 0.0674. The topological polar surface area (TPSA) is 0 Å². The normalized spacial score (nSPS) is 11.1. The predicted molar refractivity (Wildman–Crippen MR) is 286 cm³/mol.